The number of fused-ring (bicyclic) bond motifs is 2. The predicted octanol–water partition coefficient (Wildman–Crippen LogP) is 4.20. The van der Waals surface area contributed by atoms with Crippen molar-refractivity contribution < 1.29 is 4.74 Å². The highest BCUT2D eigenvalue weighted by Gasteiger charge is 2.46. The molecule has 2 aromatic rings. The highest BCUT2D eigenvalue weighted by atomic mass is 16.5. The van der Waals surface area contributed by atoms with Gasteiger partial charge in [0.05, 0.1) is 5.60 Å². The number of rotatable bonds is 2. The zero-order chi connectivity index (χ0) is 15.3. The number of hydrogen-bond acceptors (Lipinski definition) is 1. The van der Waals surface area contributed by atoms with Gasteiger partial charge in [0.1, 0.15) is 0 Å². The van der Waals surface area contributed by atoms with Crippen molar-refractivity contribution in [3.8, 4) is 0 Å². The van der Waals surface area contributed by atoms with Gasteiger partial charge in [-0.2, -0.15) is 0 Å². The second-order valence-electron chi connectivity index (χ2n) is 7.22. The van der Waals surface area contributed by atoms with Crippen molar-refractivity contribution in [2.75, 3.05) is 7.11 Å². The van der Waals surface area contributed by atoms with Gasteiger partial charge in [-0.1, -0.05) is 42.0 Å². The van der Waals surface area contributed by atoms with Crippen LogP contribution in [0.1, 0.15) is 33.4 Å². The van der Waals surface area contributed by atoms with Gasteiger partial charge in [-0.3, -0.25) is 0 Å². The molecule has 0 heterocycles. The molecule has 2 aliphatic carbocycles. The van der Waals surface area contributed by atoms with Crippen LogP contribution in [0.3, 0.4) is 0 Å². The quantitative estimate of drug-likeness (QED) is 0.806. The Morgan fingerprint density at radius 2 is 1.64 bits per heavy atom. The summed E-state index contributed by atoms with van der Waals surface area (Å²) in [4.78, 5) is 0. The first-order valence-electron chi connectivity index (χ1n) is 8.32. The van der Waals surface area contributed by atoms with E-state index in [1.807, 2.05) is 7.11 Å². The SMILES string of the molecule is COC1(C2Cc3cc(C)cc(C)c3C2)Cc2ccccc2C1. The Labute approximate surface area is 133 Å². The molecule has 1 unspecified atom stereocenters. The molecule has 0 amide bonds. The van der Waals surface area contributed by atoms with Crippen LogP contribution in [-0.2, 0) is 30.4 Å². The lowest BCUT2D eigenvalue weighted by Crippen LogP contribution is -2.41. The molecule has 0 spiro atoms. The Bertz CT molecular complexity index is 704. The van der Waals surface area contributed by atoms with Crippen molar-refractivity contribution in [3.63, 3.8) is 0 Å². The average Bonchev–Trinajstić information content (AvgIpc) is 3.08. The number of methoxy groups -OCH3 is 1. The molecular weight excluding hydrogens is 268 g/mol. The van der Waals surface area contributed by atoms with Crippen LogP contribution in [0, 0.1) is 19.8 Å². The molecule has 1 heteroatoms. The van der Waals surface area contributed by atoms with E-state index in [0.29, 0.717) is 5.92 Å². The Kier molecular flexibility index (Phi) is 3.16. The molecule has 22 heavy (non-hydrogen) atoms. The molecule has 0 saturated heterocycles. The van der Waals surface area contributed by atoms with Gasteiger partial charge in [0.25, 0.3) is 0 Å². The van der Waals surface area contributed by atoms with Gasteiger partial charge in [0.15, 0.2) is 0 Å². The van der Waals surface area contributed by atoms with E-state index in [9.17, 15) is 0 Å². The second kappa shape index (κ2) is 4.96. The lowest BCUT2D eigenvalue weighted by Gasteiger charge is -2.34. The minimum Gasteiger partial charge on any atom is -0.377 e. The van der Waals surface area contributed by atoms with E-state index in [2.05, 4.69) is 50.2 Å². The largest absolute Gasteiger partial charge is 0.377 e. The first kappa shape index (κ1) is 14.0. The fourth-order valence-electron chi connectivity index (χ4n) is 4.73. The molecule has 2 aromatic carbocycles. The molecule has 1 nitrogen and oxygen atoms in total. The zero-order valence-electron chi connectivity index (χ0n) is 13.8. The normalized spacial score (nSPS) is 21.7. The number of aryl methyl sites for hydroxylation is 2. The van der Waals surface area contributed by atoms with Crippen molar-refractivity contribution in [1.29, 1.82) is 0 Å². The lowest BCUT2D eigenvalue weighted by molar-refractivity contribution is -0.0474. The monoisotopic (exact) mass is 292 g/mol. The molecular formula is C21H24O. The Balaban J connectivity index is 1.67. The smallest absolute Gasteiger partial charge is 0.0793 e. The topological polar surface area (TPSA) is 9.23 Å². The van der Waals surface area contributed by atoms with Crippen molar-refractivity contribution in [2.45, 2.75) is 45.1 Å². The summed E-state index contributed by atoms with van der Waals surface area (Å²) in [6.45, 7) is 4.47. The Morgan fingerprint density at radius 3 is 2.27 bits per heavy atom. The highest BCUT2D eigenvalue weighted by Crippen LogP contribution is 2.44. The minimum atomic E-state index is -0.0109. The Morgan fingerprint density at radius 1 is 0.955 bits per heavy atom. The third-order valence-electron chi connectivity index (χ3n) is 5.87. The molecule has 0 N–H and O–H groups in total. The fraction of sp³-hybridized carbons (Fsp3) is 0.429. The van der Waals surface area contributed by atoms with Gasteiger partial charge in [-0.05, 0) is 60.4 Å². The Hall–Kier alpha value is -1.60. The van der Waals surface area contributed by atoms with Crippen LogP contribution in [-0.4, -0.2) is 12.7 Å². The van der Waals surface area contributed by atoms with Crippen LogP contribution in [0.4, 0.5) is 0 Å². The summed E-state index contributed by atoms with van der Waals surface area (Å²) in [5.74, 6) is 0.598. The molecule has 0 bridgehead atoms. The van der Waals surface area contributed by atoms with Gasteiger partial charge in [0.2, 0.25) is 0 Å². The third kappa shape index (κ3) is 2.03. The molecule has 0 radical (unpaired) electrons. The van der Waals surface area contributed by atoms with Crippen LogP contribution in [0.5, 0.6) is 0 Å². The maximum Gasteiger partial charge on any atom is 0.0793 e. The van der Waals surface area contributed by atoms with Crippen LogP contribution in [0.2, 0.25) is 0 Å². The molecule has 114 valence electrons. The van der Waals surface area contributed by atoms with Crippen LogP contribution in [0.15, 0.2) is 36.4 Å². The van der Waals surface area contributed by atoms with Crippen LogP contribution in [0.25, 0.3) is 0 Å². The van der Waals surface area contributed by atoms with E-state index >= 15 is 0 Å². The van der Waals surface area contributed by atoms with E-state index in [1.54, 1.807) is 11.1 Å². The van der Waals surface area contributed by atoms with Crippen molar-refractivity contribution >= 4 is 0 Å². The summed E-state index contributed by atoms with van der Waals surface area (Å²) < 4.78 is 6.17. The first-order chi connectivity index (χ1) is 10.6. The van der Waals surface area contributed by atoms with Crippen LogP contribution < -0.4 is 0 Å². The van der Waals surface area contributed by atoms with E-state index in [4.69, 9.17) is 4.74 Å². The van der Waals surface area contributed by atoms with Crippen LogP contribution >= 0.6 is 0 Å². The number of ether oxygens (including phenoxy) is 1. The molecule has 1 atom stereocenters. The standard InChI is InChI=1S/C21H24O/c1-14-8-15(2)20-11-19(10-18(20)9-14)21(22-3)12-16-6-4-5-7-17(16)13-21/h4-9,19H,10-13H2,1-3H3. The molecule has 0 fully saturated rings. The van der Waals surface area contributed by atoms with Gasteiger partial charge in [0, 0.05) is 20.0 Å². The van der Waals surface area contributed by atoms with Crippen molar-refractivity contribution in [3.05, 3.63) is 69.8 Å². The first-order valence-corrected chi connectivity index (χ1v) is 8.32. The minimum absolute atomic E-state index is 0.0109. The zero-order valence-corrected chi connectivity index (χ0v) is 13.8. The fourth-order valence-corrected chi connectivity index (χ4v) is 4.73. The number of hydrogen-bond donors (Lipinski definition) is 0. The molecule has 0 aliphatic heterocycles. The van der Waals surface area contributed by atoms with Gasteiger partial charge >= 0.3 is 0 Å². The molecule has 2 aliphatic rings. The van der Waals surface area contributed by atoms with Crippen molar-refractivity contribution in [1.82, 2.24) is 0 Å². The van der Waals surface area contributed by atoms with Crippen molar-refractivity contribution in [2.24, 2.45) is 5.92 Å². The molecule has 4 rings (SSSR count). The maximum absolute atomic E-state index is 6.17. The lowest BCUT2D eigenvalue weighted by atomic mass is 9.82. The average molecular weight is 292 g/mol. The summed E-state index contributed by atoms with van der Waals surface area (Å²) in [6, 6.07) is 13.6. The summed E-state index contributed by atoms with van der Waals surface area (Å²) in [7, 11) is 1.91. The second-order valence-corrected chi connectivity index (χ2v) is 7.22. The van der Waals surface area contributed by atoms with E-state index in [0.717, 1.165) is 12.8 Å². The van der Waals surface area contributed by atoms with Gasteiger partial charge in [-0.15, -0.1) is 0 Å². The van der Waals surface area contributed by atoms with E-state index in [1.165, 1.54) is 35.1 Å². The molecule has 0 saturated carbocycles. The van der Waals surface area contributed by atoms with E-state index in [-0.39, 0.29) is 5.60 Å². The maximum atomic E-state index is 6.17. The van der Waals surface area contributed by atoms with Gasteiger partial charge in [-0.25, -0.2) is 0 Å². The predicted molar refractivity (Wildman–Crippen MR) is 90.4 cm³/mol. The number of benzene rings is 2. The summed E-state index contributed by atoms with van der Waals surface area (Å²) in [6.07, 6.45) is 4.47. The molecule has 0 aromatic heterocycles. The van der Waals surface area contributed by atoms with Gasteiger partial charge < -0.3 is 4.74 Å². The summed E-state index contributed by atoms with van der Waals surface area (Å²) >= 11 is 0. The third-order valence-corrected chi connectivity index (χ3v) is 5.87. The summed E-state index contributed by atoms with van der Waals surface area (Å²) in [5, 5.41) is 0. The summed E-state index contributed by atoms with van der Waals surface area (Å²) in [5.41, 5.74) is 8.92. The van der Waals surface area contributed by atoms with E-state index < -0.39 is 0 Å². The highest BCUT2D eigenvalue weighted by molar-refractivity contribution is 5.44.